The monoisotopic (exact) mass is 495 g/mol. The number of nitrogens with zero attached hydrogens (tertiary/aromatic N) is 1. The molecule has 1 aliphatic heterocycles. The molecule has 7 nitrogen and oxygen atoms in total. The summed E-state index contributed by atoms with van der Waals surface area (Å²) in [5.41, 5.74) is 5.20. The van der Waals surface area contributed by atoms with E-state index in [-0.39, 0.29) is 0 Å². The first-order chi connectivity index (χ1) is 16.6. The number of benzene rings is 3. The summed E-state index contributed by atoms with van der Waals surface area (Å²) in [6.07, 6.45) is -0.218. The Morgan fingerprint density at radius 3 is 2.29 bits per heavy atom. The summed E-state index contributed by atoms with van der Waals surface area (Å²) >= 11 is 0. The SMILES string of the molecule is COc1cc(N2C(=O)[C@H](OS(C)(=O)=O)[C@@H]2c2ccc(C)c(OCc3ccccc3)c2)cc(C)c1C. The van der Waals surface area contributed by atoms with Gasteiger partial charge in [-0.3, -0.25) is 13.9 Å². The highest BCUT2D eigenvalue weighted by Gasteiger charge is 2.52. The second kappa shape index (κ2) is 9.71. The van der Waals surface area contributed by atoms with Gasteiger partial charge in [0.05, 0.1) is 19.4 Å². The van der Waals surface area contributed by atoms with Gasteiger partial charge in [-0.2, -0.15) is 8.42 Å². The summed E-state index contributed by atoms with van der Waals surface area (Å²) < 4.78 is 40.7. The molecule has 8 heteroatoms. The average Bonchev–Trinajstić information content (AvgIpc) is 2.82. The zero-order valence-electron chi connectivity index (χ0n) is 20.4. The molecule has 1 heterocycles. The summed E-state index contributed by atoms with van der Waals surface area (Å²) in [7, 11) is -2.28. The van der Waals surface area contributed by atoms with Crippen LogP contribution in [-0.2, 0) is 25.7 Å². The molecule has 0 radical (unpaired) electrons. The molecule has 35 heavy (non-hydrogen) atoms. The molecule has 0 bridgehead atoms. The number of hydrogen-bond acceptors (Lipinski definition) is 6. The van der Waals surface area contributed by atoms with E-state index in [2.05, 4.69) is 0 Å². The van der Waals surface area contributed by atoms with Crippen molar-refractivity contribution in [1.29, 1.82) is 0 Å². The Hall–Kier alpha value is -3.36. The summed E-state index contributed by atoms with van der Waals surface area (Å²) in [5.74, 6) is 0.870. The van der Waals surface area contributed by atoms with E-state index in [0.717, 1.165) is 28.5 Å². The topological polar surface area (TPSA) is 82.1 Å². The van der Waals surface area contributed by atoms with Gasteiger partial charge in [0.1, 0.15) is 18.1 Å². The van der Waals surface area contributed by atoms with Crippen LogP contribution in [0.15, 0.2) is 60.7 Å². The summed E-state index contributed by atoms with van der Waals surface area (Å²) in [5, 5.41) is 0. The number of ether oxygens (including phenoxy) is 2. The summed E-state index contributed by atoms with van der Waals surface area (Å²) in [6, 6.07) is 18.4. The van der Waals surface area contributed by atoms with Crippen LogP contribution in [0.2, 0.25) is 0 Å². The zero-order chi connectivity index (χ0) is 25.3. The van der Waals surface area contributed by atoms with Gasteiger partial charge in [-0.15, -0.1) is 0 Å². The van der Waals surface area contributed by atoms with E-state index < -0.39 is 28.2 Å². The van der Waals surface area contributed by atoms with Crippen molar-refractivity contribution < 1.29 is 26.9 Å². The van der Waals surface area contributed by atoms with Crippen LogP contribution in [0.5, 0.6) is 11.5 Å². The Morgan fingerprint density at radius 1 is 0.914 bits per heavy atom. The highest BCUT2D eigenvalue weighted by atomic mass is 32.2. The van der Waals surface area contributed by atoms with E-state index in [4.69, 9.17) is 13.7 Å². The molecule has 0 spiro atoms. The van der Waals surface area contributed by atoms with Gasteiger partial charge in [0.2, 0.25) is 0 Å². The first kappa shape index (κ1) is 24.8. The van der Waals surface area contributed by atoms with Crippen LogP contribution in [0.25, 0.3) is 0 Å². The molecule has 4 rings (SSSR count). The number of β-lactam (4-membered cyclic amide) rings is 1. The fourth-order valence-corrected chi connectivity index (χ4v) is 4.77. The second-order valence-corrected chi connectivity index (χ2v) is 10.4. The second-order valence-electron chi connectivity index (χ2n) is 8.76. The molecule has 0 unspecified atom stereocenters. The maximum Gasteiger partial charge on any atom is 0.265 e. The molecule has 0 aromatic heterocycles. The van der Waals surface area contributed by atoms with Gasteiger partial charge in [0.25, 0.3) is 16.0 Å². The number of carbonyl (C=O) groups is 1. The molecule has 1 aliphatic rings. The smallest absolute Gasteiger partial charge is 0.265 e. The minimum Gasteiger partial charge on any atom is -0.496 e. The molecule has 1 saturated heterocycles. The Labute approximate surface area is 206 Å². The van der Waals surface area contributed by atoms with E-state index in [1.165, 1.54) is 0 Å². The van der Waals surface area contributed by atoms with Crippen LogP contribution in [0, 0.1) is 20.8 Å². The predicted octanol–water partition coefficient (Wildman–Crippen LogP) is 4.63. The lowest BCUT2D eigenvalue weighted by Gasteiger charge is -2.46. The molecule has 0 N–H and O–H groups in total. The van der Waals surface area contributed by atoms with Gasteiger partial charge in [0, 0.05) is 11.8 Å². The highest BCUT2D eigenvalue weighted by Crippen LogP contribution is 2.44. The first-order valence-electron chi connectivity index (χ1n) is 11.2. The maximum atomic E-state index is 13.1. The van der Waals surface area contributed by atoms with E-state index >= 15 is 0 Å². The largest absolute Gasteiger partial charge is 0.496 e. The van der Waals surface area contributed by atoms with Gasteiger partial charge >= 0.3 is 0 Å². The van der Waals surface area contributed by atoms with Crippen molar-refractivity contribution in [3.63, 3.8) is 0 Å². The van der Waals surface area contributed by atoms with E-state index in [1.807, 2.05) is 75.4 Å². The first-order valence-corrected chi connectivity index (χ1v) is 13.0. The normalized spacial score (nSPS) is 17.7. The molecular weight excluding hydrogens is 466 g/mol. The predicted molar refractivity (Wildman–Crippen MR) is 134 cm³/mol. The van der Waals surface area contributed by atoms with Gasteiger partial charge in [-0.1, -0.05) is 42.5 Å². The van der Waals surface area contributed by atoms with Crippen LogP contribution in [0.4, 0.5) is 5.69 Å². The summed E-state index contributed by atoms with van der Waals surface area (Å²) in [4.78, 5) is 14.7. The minimum absolute atomic E-state index is 0.385. The van der Waals surface area contributed by atoms with Gasteiger partial charge in [-0.05, 0) is 60.7 Å². The van der Waals surface area contributed by atoms with Crippen molar-refractivity contribution in [2.24, 2.45) is 0 Å². The van der Waals surface area contributed by atoms with Crippen molar-refractivity contribution in [3.8, 4) is 11.5 Å². The Balaban J connectivity index is 1.72. The van der Waals surface area contributed by atoms with Crippen molar-refractivity contribution in [2.45, 2.75) is 39.5 Å². The fourth-order valence-electron chi connectivity index (χ4n) is 4.21. The molecule has 1 fully saturated rings. The van der Waals surface area contributed by atoms with Gasteiger partial charge in [-0.25, -0.2) is 0 Å². The van der Waals surface area contributed by atoms with Gasteiger partial charge < -0.3 is 9.47 Å². The Bertz CT molecular complexity index is 1350. The lowest BCUT2D eigenvalue weighted by atomic mass is 9.89. The van der Waals surface area contributed by atoms with Crippen LogP contribution in [-0.4, -0.2) is 33.8 Å². The van der Waals surface area contributed by atoms with Crippen molar-refractivity contribution >= 4 is 21.7 Å². The zero-order valence-corrected chi connectivity index (χ0v) is 21.3. The van der Waals surface area contributed by atoms with E-state index in [1.54, 1.807) is 18.1 Å². The van der Waals surface area contributed by atoms with E-state index in [9.17, 15) is 13.2 Å². The van der Waals surface area contributed by atoms with Crippen LogP contribution in [0.1, 0.15) is 33.9 Å². The number of carbonyl (C=O) groups excluding carboxylic acids is 1. The number of aryl methyl sites for hydroxylation is 2. The number of hydrogen-bond donors (Lipinski definition) is 0. The average molecular weight is 496 g/mol. The van der Waals surface area contributed by atoms with Gasteiger partial charge in [0.15, 0.2) is 6.10 Å². The minimum atomic E-state index is -3.86. The van der Waals surface area contributed by atoms with Crippen LogP contribution < -0.4 is 14.4 Å². The molecule has 3 aromatic rings. The number of amides is 1. The van der Waals surface area contributed by atoms with Crippen molar-refractivity contribution in [2.75, 3.05) is 18.3 Å². The van der Waals surface area contributed by atoms with Crippen molar-refractivity contribution in [1.82, 2.24) is 0 Å². The fraction of sp³-hybridized carbons (Fsp3) is 0.296. The number of methoxy groups -OCH3 is 1. The quantitative estimate of drug-likeness (QED) is 0.335. The molecule has 3 aromatic carbocycles. The molecule has 1 amide bonds. The highest BCUT2D eigenvalue weighted by molar-refractivity contribution is 7.86. The van der Waals surface area contributed by atoms with Crippen LogP contribution >= 0.6 is 0 Å². The van der Waals surface area contributed by atoms with Crippen molar-refractivity contribution in [3.05, 3.63) is 88.5 Å². The third kappa shape index (κ3) is 5.18. The molecule has 0 saturated carbocycles. The molecule has 2 atom stereocenters. The Kier molecular flexibility index (Phi) is 6.87. The lowest BCUT2D eigenvalue weighted by molar-refractivity contribution is -0.134. The molecule has 0 aliphatic carbocycles. The summed E-state index contributed by atoms with van der Waals surface area (Å²) in [6.45, 7) is 6.20. The number of rotatable bonds is 8. The molecular formula is C27H29NO6S. The Morgan fingerprint density at radius 2 is 1.63 bits per heavy atom. The van der Waals surface area contributed by atoms with E-state index in [0.29, 0.717) is 29.4 Å². The standard InChI is InChI=1S/C27H29NO6S/c1-17-11-12-21(14-23(17)33-16-20-9-7-6-8-10-20)25-26(34-35(5,30)31)27(29)28(25)22-13-18(2)19(3)24(15-22)32-4/h6-15,25-26H,16H2,1-5H3/t25-,26+/m0/s1. The third-order valence-corrected chi connectivity index (χ3v) is 6.77. The maximum absolute atomic E-state index is 13.1. The van der Waals surface area contributed by atoms with Crippen LogP contribution in [0.3, 0.4) is 0 Å². The molecule has 184 valence electrons. The lowest BCUT2D eigenvalue weighted by Crippen LogP contribution is -2.60. The third-order valence-electron chi connectivity index (χ3n) is 6.22. The number of anilines is 1.